The molecule has 152 valence electrons. The molecule has 0 aromatic heterocycles. The summed E-state index contributed by atoms with van der Waals surface area (Å²) in [6, 6.07) is 18.2. The van der Waals surface area contributed by atoms with Crippen LogP contribution in [0.4, 0.5) is 5.69 Å². The van der Waals surface area contributed by atoms with Crippen molar-refractivity contribution in [2.24, 2.45) is 0 Å². The summed E-state index contributed by atoms with van der Waals surface area (Å²) in [4.78, 5) is 38.6. The highest BCUT2D eigenvalue weighted by Crippen LogP contribution is 2.33. The summed E-state index contributed by atoms with van der Waals surface area (Å²) in [6.07, 6.45) is 2.88. The van der Waals surface area contributed by atoms with Gasteiger partial charge < -0.3 is 14.2 Å². The second-order valence-electron chi connectivity index (χ2n) is 6.86. The second-order valence-corrected chi connectivity index (χ2v) is 6.86. The Morgan fingerprint density at radius 1 is 0.871 bits per heavy atom. The molecule has 0 atom stereocenters. The third-order valence-corrected chi connectivity index (χ3v) is 4.90. The number of carbonyl (C=O) groups excluding carboxylic acids is 3. The van der Waals surface area contributed by atoms with Crippen LogP contribution in [0.15, 0.2) is 72.8 Å². The Kier molecular flexibility index (Phi) is 4.48. The van der Waals surface area contributed by atoms with Gasteiger partial charge >= 0.3 is 5.97 Å². The van der Waals surface area contributed by atoms with Gasteiger partial charge in [-0.15, -0.1) is 0 Å². The monoisotopic (exact) mass is 413 g/mol. The highest BCUT2D eigenvalue weighted by molar-refractivity contribution is 6.34. The molecule has 0 N–H and O–H groups in total. The number of hydrogen-bond acceptors (Lipinski definition) is 6. The number of esters is 1. The van der Waals surface area contributed by atoms with Crippen molar-refractivity contribution in [3.05, 3.63) is 89.5 Å². The van der Waals surface area contributed by atoms with Crippen molar-refractivity contribution in [2.75, 3.05) is 11.7 Å². The van der Waals surface area contributed by atoms with Gasteiger partial charge in [-0.05, 0) is 48.0 Å². The molecule has 0 bridgehead atoms. The van der Waals surface area contributed by atoms with E-state index in [-0.39, 0.29) is 12.5 Å². The van der Waals surface area contributed by atoms with Crippen molar-refractivity contribution in [2.45, 2.75) is 0 Å². The van der Waals surface area contributed by atoms with Crippen LogP contribution in [-0.2, 0) is 4.79 Å². The third-order valence-electron chi connectivity index (χ3n) is 4.90. The lowest BCUT2D eigenvalue weighted by Gasteiger charge is -2.14. The molecule has 0 saturated carbocycles. The van der Waals surface area contributed by atoms with Gasteiger partial charge in [0.05, 0.1) is 16.8 Å². The van der Waals surface area contributed by atoms with Crippen LogP contribution in [0.5, 0.6) is 17.2 Å². The van der Waals surface area contributed by atoms with Crippen LogP contribution in [0.3, 0.4) is 0 Å². The van der Waals surface area contributed by atoms with Gasteiger partial charge in [-0.25, -0.2) is 9.69 Å². The summed E-state index contributed by atoms with van der Waals surface area (Å²) in [7, 11) is 0. The highest BCUT2D eigenvalue weighted by Gasteiger charge is 2.36. The van der Waals surface area contributed by atoms with Crippen LogP contribution in [-0.4, -0.2) is 24.6 Å². The average molecular weight is 413 g/mol. The molecular formula is C24H15NO6. The van der Waals surface area contributed by atoms with Gasteiger partial charge in [0.25, 0.3) is 11.8 Å². The average Bonchev–Trinajstić information content (AvgIpc) is 3.35. The fourth-order valence-electron chi connectivity index (χ4n) is 3.44. The maximum absolute atomic E-state index is 12.6. The maximum atomic E-state index is 12.6. The van der Waals surface area contributed by atoms with Crippen molar-refractivity contribution in [3.63, 3.8) is 0 Å². The molecule has 0 spiro atoms. The van der Waals surface area contributed by atoms with Crippen molar-refractivity contribution >= 4 is 29.5 Å². The Morgan fingerprint density at radius 2 is 1.61 bits per heavy atom. The van der Waals surface area contributed by atoms with Crippen LogP contribution in [0.1, 0.15) is 26.3 Å². The first-order valence-corrected chi connectivity index (χ1v) is 9.47. The van der Waals surface area contributed by atoms with E-state index >= 15 is 0 Å². The number of rotatable bonds is 4. The number of amides is 2. The summed E-state index contributed by atoms with van der Waals surface area (Å²) < 4.78 is 15.9. The number of benzene rings is 3. The van der Waals surface area contributed by atoms with Crippen molar-refractivity contribution in [1.29, 1.82) is 0 Å². The van der Waals surface area contributed by atoms with Gasteiger partial charge in [-0.2, -0.15) is 0 Å². The zero-order valence-corrected chi connectivity index (χ0v) is 16.1. The van der Waals surface area contributed by atoms with E-state index in [1.54, 1.807) is 66.7 Å². The molecule has 2 heterocycles. The summed E-state index contributed by atoms with van der Waals surface area (Å²) in [5.41, 5.74) is 1.78. The molecule has 31 heavy (non-hydrogen) atoms. The quantitative estimate of drug-likeness (QED) is 0.280. The van der Waals surface area contributed by atoms with Crippen LogP contribution in [0.2, 0.25) is 0 Å². The van der Waals surface area contributed by atoms with Gasteiger partial charge in [0.2, 0.25) is 6.79 Å². The predicted octanol–water partition coefficient (Wildman–Crippen LogP) is 3.83. The third kappa shape index (κ3) is 3.42. The van der Waals surface area contributed by atoms with E-state index in [0.717, 1.165) is 10.5 Å². The van der Waals surface area contributed by atoms with Crippen LogP contribution < -0.4 is 19.1 Å². The molecular weight excluding hydrogens is 398 g/mol. The molecule has 5 rings (SSSR count). The molecule has 0 unspecified atom stereocenters. The Hall–Kier alpha value is -4.39. The minimum absolute atomic E-state index is 0.175. The van der Waals surface area contributed by atoms with Gasteiger partial charge in [0.15, 0.2) is 11.5 Å². The summed E-state index contributed by atoms with van der Waals surface area (Å²) in [5, 5.41) is 0. The number of hydrogen-bond donors (Lipinski definition) is 0. The zero-order chi connectivity index (χ0) is 21.4. The standard InChI is InChI=1S/C24H15NO6/c26-22(11-9-15-8-10-20-21(12-15)30-14-29-20)31-17-5-3-4-16(13-17)25-23(27)18-6-1-2-7-19(18)24(25)28/h1-13H,14H2/b11-9+. The molecule has 0 aliphatic carbocycles. The van der Waals surface area contributed by atoms with E-state index in [0.29, 0.717) is 28.3 Å². The summed E-state index contributed by atoms with van der Waals surface area (Å²) in [6.45, 7) is 0.175. The van der Waals surface area contributed by atoms with Crippen LogP contribution in [0, 0.1) is 0 Å². The van der Waals surface area contributed by atoms with E-state index in [4.69, 9.17) is 14.2 Å². The van der Waals surface area contributed by atoms with Gasteiger partial charge in [0.1, 0.15) is 5.75 Å². The number of imide groups is 1. The lowest BCUT2D eigenvalue weighted by molar-refractivity contribution is -0.128. The molecule has 0 saturated heterocycles. The molecule has 2 aliphatic rings. The van der Waals surface area contributed by atoms with Crippen LogP contribution >= 0.6 is 0 Å². The first-order chi connectivity index (χ1) is 15.1. The SMILES string of the molecule is O=C(/C=C/c1ccc2c(c1)OCO2)Oc1cccc(N2C(=O)c3ccccc3C2=O)c1. The van der Waals surface area contributed by atoms with Gasteiger partial charge in [0, 0.05) is 12.1 Å². The van der Waals surface area contributed by atoms with Crippen molar-refractivity contribution < 1.29 is 28.6 Å². The second kappa shape index (κ2) is 7.46. The van der Waals surface area contributed by atoms with Crippen molar-refractivity contribution in [1.82, 2.24) is 0 Å². The Labute approximate surface area is 177 Å². The minimum Gasteiger partial charge on any atom is -0.454 e. The van der Waals surface area contributed by atoms with E-state index in [1.165, 1.54) is 12.1 Å². The molecule has 7 nitrogen and oxygen atoms in total. The van der Waals surface area contributed by atoms with E-state index in [2.05, 4.69) is 0 Å². The fraction of sp³-hybridized carbons (Fsp3) is 0.0417. The zero-order valence-electron chi connectivity index (χ0n) is 16.1. The Morgan fingerprint density at radius 3 is 2.39 bits per heavy atom. The van der Waals surface area contributed by atoms with Gasteiger partial charge in [-0.1, -0.05) is 24.3 Å². The van der Waals surface area contributed by atoms with E-state index in [9.17, 15) is 14.4 Å². The molecule has 3 aromatic carbocycles. The first kappa shape index (κ1) is 18.6. The number of carbonyl (C=O) groups is 3. The molecule has 2 amide bonds. The molecule has 0 radical (unpaired) electrons. The number of fused-ring (bicyclic) bond motifs is 2. The predicted molar refractivity (Wildman–Crippen MR) is 111 cm³/mol. The van der Waals surface area contributed by atoms with E-state index < -0.39 is 17.8 Å². The Balaban J connectivity index is 1.31. The fourth-order valence-corrected chi connectivity index (χ4v) is 3.44. The highest BCUT2D eigenvalue weighted by atomic mass is 16.7. The van der Waals surface area contributed by atoms with Crippen molar-refractivity contribution in [3.8, 4) is 17.2 Å². The lowest BCUT2D eigenvalue weighted by Crippen LogP contribution is -2.29. The van der Waals surface area contributed by atoms with Crippen LogP contribution in [0.25, 0.3) is 6.08 Å². The molecule has 7 heteroatoms. The maximum Gasteiger partial charge on any atom is 0.336 e. The van der Waals surface area contributed by atoms with Gasteiger partial charge in [-0.3, -0.25) is 9.59 Å². The molecule has 2 aliphatic heterocycles. The summed E-state index contributed by atoms with van der Waals surface area (Å²) >= 11 is 0. The number of ether oxygens (including phenoxy) is 3. The lowest BCUT2D eigenvalue weighted by atomic mass is 10.1. The minimum atomic E-state index is -0.600. The molecule has 0 fully saturated rings. The summed E-state index contributed by atoms with van der Waals surface area (Å²) in [5.74, 6) is 0.0685. The topological polar surface area (TPSA) is 82.1 Å². The van der Waals surface area contributed by atoms with E-state index in [1.807, 2.05) is 0 Å². The normalized spacial score (nSPS) is 14.3. The molecule has 3 aromatic rings. The first-order valence-electron chi connectivity index (χ1n) is 9.47. The number of anilines is 1. The Bertz CT molecular complexity index is 1230. The largest absolute Gasteiger partial charge is 0.454 e. The smallest absolute Gasteiger partial charge is 0.336 e. The number of nitrogens with zero attached hydrogens (tertiary/aromatic N) is 1.